The maximum absolute atomic E-state index is 12.1. The minimum Gasteiger partial charge on any atom is -0.425 e. The first-order valence-corrected chi connectivity index (χ1v) is 14.9. The lowest BCUT2D eigenvalue weighted by Gasteiger charge is -2.15. The number of carbonyl (C=O) groups excluding carboxylic acids is 2. The number of benzene rings is 2. The molecule has 1 amide bonds. The number of aryl methyl sites for hydroxylation is 1. The Morgan fingerprint density at radius 1 is 1.02 bits per heavy atom. The van der Waals surface area contributed by atoms with Crippen molar-refractivity contribution >= 4 is 11.9 Å². The van der Waals surface area contributed by atoms with E-state index in [-0.39, 0.29) is 18.3 Å². The lowest BCUT2D eigenvalue weighted by Crippen LogP contribution is -2.40. The summed E-state index contributed by atoms with van der Waals surface area (Å²) in [4.78, 5) is 38.5. The van der Waals surface area contributed by atoms with Crippen LogP contribution in [-0.2, 0) is 27.5 Å². The molecule has 0 aliphatic heterocycles. The van der Waals surface area contributed by atoms with Crippen molar-refractivity contribution in [3.8, 4) is 5.75 Å². The van der Waals surface area contributed by atoms with Gasteiger partial charge in [0.2, 0.25) is 5.91 Å². The lowest BCUT2D eigenvalue weighted by molar-refractivity contribution is -0.763. The Morgan fingerprint density at radius 2 is 1.73 bits per heavy atom. The van der Waals surface area contributed by atoms with Crippen molar-refractivity contribution < 1.29 is 24.3 Å². The molecular formula is C33H46N2O6. The van der Waals surface area contributed by atoms with Crippen LogP contribution >= 0.6 is 0 Å². The monoisotopic (exact) mass is 566 g/mol. The van der Waals surface area contributed by atoms with E-state index in [0.717, 1.165) is 12.3 Å². The second kappa shape index (κ2) is 20.2. The van der Waals surface area contributed by atoms with E-state index in [2.05, 4.69) is 40.5 Å². The molecule has 1 saturated carbocycles. The molecule has 1 fully saturated rings. The standard InChI is InChI=1S/C17H22N2O6.C16H24/c1-3-4-5-6-11-16(20)18-13(2)17(21)25-15-10-8-7-9-14(15)12-24-19(22)23;1-3-9-15(10-4-1)11-5-2-6-12-16-13-7-8-14-16/h3-4,7-10,13H,5-6,11-12H2,1-2H3,(H,18,20);1,3-4,9-10,16H,2,5-8,11-14H2/b4-3-;. The highest BCUT2D eigenvalue weighted by atomic mass is 16.9. The molecule has 1 atom stereocenters. The summed E-state index contributed by atoms with van der Waals surface area (Å²) in [7, 11) is 0. The molecule has 224 valence electrons. The third-order valence-corrected chi connectivity index (χ3v) is 7.15. The van der Waals surface area contributed by atoms with Crippen LogP contribution in [0.3, 0.4) is 0 Å². The van der Waals surface area contributed by atoms with Crippen molar-refractivity contribution in [3.05, 3.63) is 88.0 Å². The first kappa shape index (κ1) is 33.5. The predicted octanol–water partition coefficient (Wildman–Crippen LogP) is 7.53. The highest BCUT2D eigenvalue weighted by Gasteiger charge is 2.19. The summed E-state index contributed by atoms with van der Waals surface area (Å²) in [6.07, 6.45) is 18.7. The van der Waals surface area contributed by atoms with Crippen molar-refractivity contribution in [1.29, 1.82) is 0 Å². The van der Waals surface area contributed by atoms with Crippen molar-refractivity contribution in [2.24, 2.45) is 5.92 Å². The summed E-state index contributed by atoms with van der Waals surface area (Å²) >= 11 is 0. The van der Waals surface area contributed by atoms with Crippen molar-refractivity contribution in [2.45, 2.75) is 104 Å². The molecule has 2 aromatic rings. The van der Waals surface area contributed by atoms with Crippen LogP contribution in [0, 0.1) is 16.0 Å². The minimum atomic E-state index is -0.921. The molecule has 1 aliphatic carbocycles. The predicted molar refractivity (Wildman–Crippen MR) is 161 cm³/mol. The molecule has 8 nitrogen and oxygen atoms in total. The van der Waals surface area contributed by atoms with E-state index >= 15 is 0 Å². The van der Waals surface area contributed by atoms with E-state index in [1.165, 1.54) is 76.3 Å². The van der Waals surface area contributed by atoms with Crippen LogP contribution in [0.25, 0.3) is 0 Å². The Morgan fingerprint density at radius 3 is 2.44 bits per heavy atom. The van der Waals surface area contributed by atoms with Gasteiger partial charge in [-0.25, -0.2) is 4.79 Å². The van der Waals surface area contributed by atoms with Gasteiger partial charge >= 0.3 is 5.97 Å². The number of hydrogen-bond donors (Lipinski definition) is 1. The second-order valence-electron chi connectivity index (χ2n) is 10.5. The average molecular weight is 567 g/mol. The summed E-state index contributed by atoms with van der Waals surface area (Å²) < 4.78 is 5.22. The number of hydrogen-bond acceptors (Lipinski definition) is 6. The van der Waals surface area contributed by atoms with E-state index in [4.69, 9.17) is 4.74 Å². The van der Waals surface area contributed by atoms with Crippen LogP contribution in [0.2, 0.25) is 0 Å². The number of allylic oxidation sites excluding steroid dienone is 2. The van der Waals surface area contributed by atoms with Gasteiger partial charge in [-0.05, 0) is 57.1 Å². The summed E-state index contributed by atoms with van der Waals surface area (Å²) in [5.41, 5.74) is 1.86. The Kier molecular flexibility index (Phi) is 16.5. The van der Waals surface area contributed by atoms with E-state index < -0.39 is 17.1 Å². The van der Waals surface area contributed by atoms with Crippen LogP contribution in [-0.4, -0.2) is 23.0 Å². The van der Waals surface area contributed by atoms with Gasteiger partial charge in [0.25, 0.3) is 5.09 Å². The van der Waals surface area contributed by atoms with E-state index in [9.17, 15) is 19.7 Å². The fourth-order valence-electron chi connectivity index (χ4n) is 4.84. The lowest BCUT2D eigenvalue weighted by atomic mass is 9.98. The quantitative estimate of drug-likeness (QED) is 0.0562. The SMILES string of the molecule is C/C=C\CCCC(=O)NC(C)C(=O)Oc1ccccc1CO[N+](=O)[O-].c1ccc(CCCCCC2CCCC2)cc1. The van der Waals surface area contributed by atoms with Crippen LogP contribution in [0.5, 0.6) is 5.75 Å². The molecular weight excluding hydrogens is 520 g/mol. The van der Waals surface area contributed by atoms with Gasteiger partial charge in [-0.1, -0.05) is 106 Å². The van der Waals surface area contributed by atoms with Gasteiger partial charge in [0.05, 0.1) is 0 Å². The Bertz CT molecular complexity index is 1070. The second-order valence-corrected chi connectivity index (χ2v) is 10.5. The average Bonchev–Trinajstić information content (AvgIpc) is 3.49. The molecule has 0 bridgehead atoms. The summed E-state index contributed by atoms with van der Waals surface area (Å²) in [6, 6.07) is 16.4. The van der Waals surface area contributed by atoms with Gasteiger partial charge in [-0.3, -0.25) is 4.79 Å². The maximum Gasteiger partial charge on any atom is 0.333 e. The number of para-hydroxylation sites is 1. The molecule has 3 rings (SSSR count). The fraction of sp³-hybridized carbons (Fsp3) is 0.515. The van der Waals surface area contributed by atoms with Gasteiger partial charge in [0.15, 0.2) is 0 Å². The smallest absolute Gasteiger partial charge is 0.333 e. The Balaban J connectivity index is 0.000000314. The van der Waals surface area contributed by atoms with Gasteiger partial charge in [0, 0.05) is 12.0 Å². The molecule has 41 heavy (non-hydrogen) atoms. The minimum absolute atomic E-state index is 0.156. The third-order valence-electron chi connectivity index (χ3n) is 7.15. The summed E-state index contributed by atoms with van der Waals surface area (Å²) in [5.74, 6) is 0.342. The number of carbonyl (C=O) groups is 2. The molecule has 0 radical (unpaired) electrons. The van der Waals surface area contributed by atoms with Crippen molar-refractivity contribution in [1.82, 2.24) is 5.32 Å². The zero-order chi connectivity index (χ0) is 29.7. The normalized spacial score (nSPS) is 13.7. The van der Waals surface area contributed by atoms with Crippen LogP contribution < -0.4 is 10.1 Å². The molecule has 2 aromatic carbocycles. The number of esters is 1. The largest absolute Gasteiger partial charge is 0.425 e. The van der Waals surface area contributed by atoms with E-state index in [0.29, 0.717) is 18.4 Å². The van der Waals surface area contributed by atoms with Crippen LogP contribution in [0.15, 0.2) is 66.7 Å². The van der Waals surface area contributed by atoms with Gasteiger partial charge in [0.1, 0.15) is 18.4 Å². The highest BCUT2D eigenvalue weighted by molar-refractivity contribution is 5.85. The summed E-state index contributed by atoms with van der Waals surface area (Å²) in [6.45, 7) is 3.09. The zero-order valence-electron chi connectivity index (χ0n) is 24.6. The molecule has 8 heteroatoms. The number of ether oxygens (including phenoxy) is 1. The van der Waals surface area contributed by atoms with Crippen molar-refractivity contribution in [2.75, 3.05) is 0 Å². The number of amides is 1. The van der Waals surface area contributed by atoms with Gasteiger partial charge < -0.3 is 14.9 Å². The third kappa shape index (κ3) is 15.0. The molecule has 0 spiro atoms. The highest BCUT2D eigenvalue weighted by Crippen LogP contribution is 2.29. The molecule has 1 aliphatic rings. The molecule has 1 unspecified atom stereocenters. The first-order valence-electron chi connectivity index (χ1n) is 14.9. The number of unbranched alkanes of at least 4 members (excludes halogenated alkanes) is 3. The molecule has 0 aromatic heterocycles. The van der Waals surface area contributed by atoms with Crippen LogP contribution in [0.4, 0.5) is 0 Å². The Labute approximate surface area is 244 Å². The summed E-state index contributed by atoms with van der Waals surface area (Å²) in [5, 5.41) is 11.9. The topological polar surface area (TPSA) is 108 Å². The van der Waals surface area contributed by atoms with E-state index in [1.807, 2.05) is 19.1 Å². The Hall–Kier alpha value is -3.68. The number of nitrogens with one attached hydrogen (secondary N) is 1. The number of rotatable bonds is 16. The maximum atomic E-state index is 12.1. The van der Waals surface area contributed by atoms with Crippen LogP contribution in [0.1, 0.15) is 95.6 Å². The van der Waals surface area contributed by atoms with Crippen molar-refractivity contribution in [3.63, 3.8) is 0 Å². The fourth-order valence-corrected chi connectivity index (χ4v) is 4.84. The van der Waals surface area contributed by atoms with E-state index in [1.54, 1.807) is 18.2 Å². The molecule has 0 saturated heterocycles. The first-order chi connectivity index (χ1) is 19.9. The number of nitrogens with zero attached hydrogens (tertiary/aromatic N) is 1. The van der Waals surface area contributed by atoms with Gasteiger partial charge in [-0.2, -0.15) is 0 Å². The van der Waals surface area contributed by atoms with Gasteiger partial charge in [-0.15, -0.1) is 10.1 Å². The zero-order valence-corrected chi connectivity index (χ0v) is 24.6. The molecule has 1 N–H and O–H groups in total. The molecule has 0 heterocycles.